The van der Waals surface area contributed by atoms with Gasteiger partial charge in [0, 0.05) is 0 Å². The fourth-order valence-corrected chi connectivity index (χ4v) is 7.49. The highest BCUT2D eigenvalue weighted by Gasteiger charge is 2.34. The molecule has 0 aromatic heterocycles. The predicted octanol–water partition coefficient (Wildman–Crippen LogP) is 12.3. The lowest BCUT2D eigenvalue weighted by Crippen LogP contribution is -2.23. The second kappa shape index (κ2) is 15.5. The van der Waals surface area contributed by atoms with Crippen LogP contribution in [0, 0.1) is 0 Å². The Morgan fingerprint density at radius 1 is 0.396 bits per heavy atom. The third kappa shape index (κ3) is 11.1. The monoisotopic (exact) mass is 766 g/mol. The first-order valence-electron chi connectivity index (χ1n) is 18.6. The molecule has 0 amide bonds. The van der Waals surface area contributed by atoms with Gasteiger partial charge in [0.1, 0.15) is 6.10 Å². The lowest BCUT2D eigenvalue weighted by Gasteiger charge is -2.34. The van der Waals surface area contributed by atoms with E-state index in [2.05, 4.69) is 173 Å². The Morgan fingerprint density at radius 2 is 0.679 bits per heavy atom. The highest BCUT2D eigenvalue weighted by molar-refractivity contribution is 7.39. The molecule has 0 unspecified atom stereocenters. The first-order chi connectivity index (χ1) is 23.6. The van der Waals surface area contributed by atoms with E-state index in [4.69, 9.17) is 19.2 Å². The number of rotatable bonds is 4. The molecule has 0 aliphatic carbocycles. The zero-order valence-corrected chi connectivity index (χ0v) is 37.5. The second-order valence-electron chi connectivity index (χ2n) is 20.9. The second-order valence-corrected chi connectivity index (χ2v) is 22.1. The minimum Gasteiger partial charge on any atom is -0.328 e. The normalized spacial score (nSPS) is 13.8. The molecule has 5 N–H and O–H groups in total. The molecular weight excluding hydrogens is 698 g/mol. The Balaban J connectivity index is 0.00000180. The highest BCUT2D eigenvalue weighted by atomic mass is 31.2. The molecule has 0 aliphatic rings. The van der Waals surface area contributed by atoms with Crippen LogP contribution in [0.5, 0.6) is 0 Å². The minimum absolute atomic E-state index is 0.00562. The molecular formula is C45H68O6P2. The van der Waals surface area contributed by atoms with Crippen LogP contribution in [0.4, 0.5) is 0 Å². The highest BCUT2D eigenvalue weighted by Crippen LogP contribution is 2.49. The zero-order chi connectivity index (χ0) is 41.0. The molecule has 6 nitrogen and oxygen atoms in total. The number of benzene rings is 4. The van der Waals surface area contributed by atoms with Crippen LogP contribution in [0.1, 0.15) is 175 Å². The molecule has 53 heavy (non-hydrogen) atoms. The zero-order valence-electron chi connectivity index (χ0n) is 35.7. The van der Waals surface area contributed by atoms with Crippen LogP contribution in [0.3, 0.4) is 0 Å². The largest absolute Gasteiger partial charge is 0.328 e. The number of hydrogen-bond acceptors (Lipinski definition) is 6. The fourth-order valence-electron chi connectivity index (χ4n) is 7.07. The van der Waals surface area contributed by atoms with Crippen LogP contribution < -0.4 is 0 Å². The van der Waals surface area contributed by atoms with Crippen LogP contribution in [0.15, 0.2) is 48.5 Å². The van der Waals surface area contributed by atoms with Crippen LogP contribution >= 0.6 is 17.2 Å². The molecule has 0 saturated heterocycles. The lowest BCUT2D eigenvalue weighted by molar-refractivity contribution is 0.200. The Morgan fingerprint density at radius 3 is 0.906 bits per heavy atom. The molecule has 0 spiro atoms. The van der Waals surface area contributed by atoms with Crippen molar-refractivity contribution in [3.63, 3.8) is 0 Å². The Labute approximate surface area is 323 Å². The van der Waals surface area contributed by atoms with Gasteiger partial charge in [0.05, 0.1) is 0 Å². The van der Waals surface area contributed by atoms with E-state index in [0.717, 1.165) is 22.3 Å². The van der Waals surface area contributed by atoms with Crippen molar-refractivity contribution in [3.05, 3.63) is 93.0 Å². The van der Waals surface area contributed by atoms with E-state index in [-0.39, 0.29) is 32.5 Å². The average molecular weight is 767 g/mol. The molecule has 0 saturated carbocycles. The van der Waals surface area contributed by atoms with E-state index >= 15 is 0 Å². The molecule has 0 fully saturated rings. The minimum atomic E-state index is -2.67. The summed E-state index contributed by atoms with van der Waals surface area (Å²) in [5.74, 6) is 0. The van der Waals surface area contributed by atoms with Gasteiger partial charge in [-0.25, -0.2) is 0 Å². The Kier molecular flexibility index (Phi) is 13.3. The van der Waals surface area contributed by atoms with Gasteiger partial charge in [0.25, 0.3) is 0 Å². The van der Waals surface area contributed by atoms with Crippen molar-refractivity contribution in [2.24, 2.45) is 0 Å². The van der Waals surface area contributed by atoms with Gasteiger partial charge >= 0.3 is 17.2 Å². The van der Waals surface area contributed by atoms with E-state index < -0.39 is 23.3 Å². The molecule has 0 aliphatic heterocycles. The summed E-state index contributed by atoms with van der Waals surface area (Å²) >= 11 is 0. The Hall–Kier alpha value is -1.98. The maximum absolute atomic E-state index is 10.7. The predicted molar refractivity (Wildman–Crippen MR) is 228 cm³/mol. The molecule has 8 heteroatoms. The quantitative estimate of drug-likeness (QED) is 0.132. The van der Waals surface area contributed by atoms with Crippen LogP contribution in [0.2, 0.25) is 0 Å². The fraction of sp³-hybridized carbons (Fsp3) is 0.556. The molecule has 0 heterocycles. The van der Waals surface area contributed by atoms with E-state index in [1.807, 2.05) is 0 Å². The van der Waals surface area contributed by atoms with Gasteiger partial charge in [-0.05, 0) is 111 Å². The van der Waals surface area contributed by atoms with Crippen molar-refractivity contribution in [1.29, 1.82) is 0 Å². The lowest BCUT2D eigenvalue weighted by atomic mass is 9.73. The maximum Gasteiger partial charge on any atom is 0.327 e. The molecule has 4 aromatic rings. The number of fused-ring (bicyclic) bond motifs is 2. The molecule has 294 valence electrons. The summed E-state index contributed by atoms with van der Waals surface area (Å²) in [6, 6.07) is 18.7. The SMILES string of the molecule is CC(C)(C)c1cc(C(C)(C)C)c2cc(C(OP(O)O)c3cc4c(C(C)(C)C)cc(C(C)(C)C)cc4cc3C(C)(C)C)c(C(C)(C)C)cc2c1.OP(O)O. The molecule has 4 aromatic carbocycles. The third-order valence-corrected chi connectivity index (χ3v) is 10.4. The van der Waals surface area contributed by atoms with Gasteiger partial charge < -0.3 is 24.5 Å². The van der Waals surface area contributed by atoms with Gasteiger partial charge in [0.15, 0.2) is 0 Å². The first-order valence-corrected chi connectivity index (χ1v) is 21.0. The summed E-state index contributed by atoms with van der Waals surface area (Å²) in [7, 11) is -5.29. The topological polar surface area (TPSA) is 110 Å². The smallest absolute Gasteiger partial charge is 0.327 e. The standard InChI is InChI=1S/C45H65O3P.H3O3P/c1-40(2,3)29-19-27-21-35(42(7,8)9)33(25-31(27)37(23-29)44(13,14)15)39(48-49(46)47)34-26-32-28(22-36(34)43(10,11)12)20-30(41(4,5)6)24-38(32)45(16,17)18;1-4(2)3/h19-26,39,46-47H,1-18H3;1-3H. The molecule has 0 bridgehead atoms. The van der Waals surface area contributed by atoms with Crippen molar-refractivity contribution in [2.45, 2.75) is 163 Å². The summed E-state index contributed by atoms with van der Waals surface area (Å²) in [6.45, 7) is 40.8. The molecule has 0 atom stereocenters. The van der Waals surface area contributed by atoms with Gasteiger partial charge in [-0.15, -0.1) is 0 Å². The van der Waals surface area contributed by atoms with E-state index in [0.29, 0.717) is 0 Å². The van der Waals surface area contributed by atoms with Crippen molar-refractivity contribution in [1.82, 2.24) is 0 Å². The number of hydrogen-bond donors (Lipinski definition) is 5. The van der Waals surface area contributed by atoms with Crippen molar-refractivity contribution in [3.8, 4) is 0 Å². The van der Waals surface area contributed by atoms with E-state index in [9.17, 15) is 9.79 Å². The summed E-state index contributed by atoms with van der Waals surface area (Å²) in [4.78, 5) is 43.0. The Bertz CT molecular complexity index is 1780. The van der Waals surface area contributed by atoms with Gasteiger partial charge in [-0.2, -0.15) is 0 Å². The van der Waals surface area contributed by atoms with E-state index in [1.165, 1.54) is 43.8 Å². The van der Waals surface area contributed by atoms with Crippen molar-refractivity contribution in [2.75, 3.05) is 0 Å². The summed E-state index contributed by atoms with van der Waals surface area (Å²) < 4.78 is 6.37. The molecule has 0 radical (unpaired) electrons. The average Bonchev–Trinajstić information content (AvgIpc) is 2.94. The third-order valence-electron chi connectivity index (χ3n) is 9.97. The van der Waals surface area contributed by atoms with Gasteiger partial charge in [-0.3, -0.25) is 4.52 Å². The first kappa shape index (κ1) is 45.4. The summed E-state index contributed by atoms with van der Waals surface area (Å²) in [5, 5.41) is 4.78. The van der Waals surface area contributed by atoms with Gasteiger partial charge in [-0.1, -0.05) is 161 Å². The van der Waals surface area contributed by atoms with Crippen LogP contribution in [0.25, 0.3) is 21.5 Å². The van der Waals surface area contributed by atoms with Gasteiger partial charge in [0.2, 0.25) is 0 Å². The van der Waals surface area contributed by atoms with Crippen LogP contribution in [-0.2, 0) is 37.0 Å². The van der Waals surface area contributed by atoms with Crippen molar-refractivity contribution < 1.29 is 29.0 Å². The van der Waals surface area contributed by atoms with Crippen molar-refractivity contribution >= 4 is 38.7 Å². The summed E-state index contributed by atoms with van der Waals surface area (Å²) in [6.07, 6.45) is -0.691. The summed E-state index contributed by atoms with van der Waals surface area (Å²) in [5.41, 5.74) is 8.74. The van der Waals surface area contributed by atoms with E-state index in [1.54, 1.807) is 0 Å². The molecule has 4 rings (SSSR count). The van der Waals surface area contributed by atoms with Crippen LogP contribution in [-0.4, -0.2) is 24.5 Å². The maximum atomic E-state index is 10.7.